The lowest BCUT2D eigenvalue weighted by molar-refractivity contribution is -0.137. The third-order valence-corrected chi connectivity index (χ3v) is 5.84. The first-order valence-electron chi connectivity index (χ1n) is 11.0. The SMILES string of the molecule is CC(C)CC(NC(=O)C1CCN(C(=O)c2ccc(C(F)(F)F)cc2)CC1)c1ccccc1. The quantitative estimate of drug-likeness (QED) is 0.641. The Morgan fingerprint density at radius 1 is 1.00 bits per heavy atom. The second kappa shape index (κ2) is 10.2. The van der Waals surface area contributed by atoms with Crippen LogP contribution in [0.2, 0.25) is 0 Å². The summed E-state index contributed by atoms with van der Waals surface area (Å²) in [5.74, 6) is -0.0885. The van der Waals surface area contributed by atoms with Crippen molar-refractivity contribution >= 4 is 11.8 Å². The highest BCUT2D eigenvalue weighted by atomic mass is 19.4. The fourth-order valence-corrected chi connectivity index (χ4v) is 4.05. The Morgan fingerprint density at radius 3 is 2.12 bits per heavy atom. The van der Waals surface area contributed by atoms with E-state index in [0.717, 1.165) is 24.1 Å². The fraction of sp³-hybridized carbons (Fsp3) is 0.440. The number of alkyl halides is 3. The van der Waals surface area contributed by atoms with Crippen LogP contribution in [0, 0.1) is 11.8 Å². The zero-order chi connectivity index (χ0) is 23.3. The normalized spacial score (nSPS) is 16.1. The van der Waals surface area contributed by atoms with E-state index < -0.39 is 11.7 Å². The van der Waals surface area contributed by atoms with Crippen LogP contribution in [0.4, 0.5) is 13.2 Å². The molecule has 1 aliphatic rings. The highest BCUT2D eigenvalue weighted by Crippen LogP contribution is 2.30. The number of halogens is 3. The summed E-state index contributed by atoms with van der Waals surface area (Å²) in [6.07, 6.45) is -2.54. The zero-order valence-electron chi connectivity index (χ0n) is 18.4. The van der Waals surface area contributed by atoms with Crippen LogP contribution >= 0.6 is 0 Å². The van der Waals surface area contributed by atoms with Gasteiger partial charge in [-0.25, -0.2) is 0 Å². The van der Waals surface area contributed by atoms with Crippen molar-refractivity contribution in [3.63, 3.8) is 0 Å². The van der Waals surface area contributed by atoms with Crippen LogP contribution in [0.25, 0.3) is 0 Å². The molecule has 0 aliphatic carbocycles. The second-order valence-corrected chi connectivity index (χ2v) is 8.74. The molecule has 1 heterocycles. The van der Waals surface area contributed by atoms with Crippen LogP contribution in [-0.2, 0) is 11.0 Å². The molecule has 172 valence electrons. The van der Waals surface area contributed by atoms with Gasteiger partial charge in [-0.05, 0) is 55.0 Å². The molecule has 0 bridgehead atoms. The molecule has 0 aromatic heterocycles. The van der Waals surface area contributed by atoms with Crippen molar-refractivity contribution in [3.8, 4) is 0 Å². The van der Waals surface area contributed by atoms with Gasteiger partial charge in [0.15, 0.2) is 0 Å². The Bertz CT molecular complexity index is 903. The second-order valence-electron chi connectivity index (χ2n) is 8.74. The Balaban J connectivity index is 1.57. The summed E-state index contributed by atoms with van der Waals surface area (Å²) in [5.41, 5.74) is 0.519. The van der Waals surface area contributed by atoms with Crippen molar-refractivity contribution in [2.45, 2.75) is 45.3 Å². The summed E-state index contributed by atoms with van der Waals surface area (Å²) in [7, 11) is 0. The van der Waals surface area contributed by atoms with E-state index in [1.54, 1.807) is 4.90 Å². The standard InChI is InChI=1S/C25H29F3N2O2/c1-17(2)16-22(18-6-4-3-5-7-18)29-23(31)19-12-14-30(15-13-19)24(32)20-8-10-21(11-9-20)25(26,27)28/h3-11,17,19,22H,12-16H2,1-2H3,(H,29,31). The topological polar surface area (TPSA) is 49.4 Å². The van der Waals surface area contributed by atoms with Crippen molar-refractivity contribution in [1.29, 1.82) is 0 Å². The van der Waals surface area contributed by atoms with Crippen LogP contribution in [-0.4, -0.2) is 29.8 Å². The lowest BCUT2D eigenvalue weighted by Gasteiger charge is -2.32. The van der Waals surface area contributed by atoms with E-state index in [4.69, 9.17) is 0 Å². The molecular formula is C25H29F3N2O2. The van der Waals surface area contributed by atoms with Gasteiger partial charge in [0.05, 0.1) is 11.6 Å². The maximum absolute atomic E-state index is 12.9. The monoisotopic (exact) mass is 446 g/mol. The molecule has 2 amide bonds. The lowest BCUT2D eigenvalue weighted by Crippen LogP contribution is -2.43. The number of nitrogens with zero attached hydrogens (tertiary/aromatic N) is 1. The summed E-state index contributed by atoms with van der Waals surface area (Å²) >= 11 is 0. The van der Waals surface area contributed by atoms with E-state index in [-0.39, 0.29) is 29.3 Å². The molecule has 1 fully saturated rings. The third kappa shape index (κ3) is 6.11. The van der Waals surface area contributed by atoms with Crippen LogP contribution in [0.1, 0.15) is 60.6 Å². The van der Waals surface area contributed by atoms with Gasteiger partial charge in [0, 0.05) is 24.6 Å². The summed E-state index contributed by atoms with van der Waals surface area (Å²) in [5, 5.41) is 3.18. The predicted octanol–water partition coefficient (Wildman–Crippen LogP) is 5.46. The van der Waals surface area contributed by atoms with Gasteiger partial charge in [-0.15, -0.1) is 0 Å². The van der Waals surface area contributed by atoms with Crippen LogP contribution in [0.15, 0.2) is 54.6 Å². The van der Waals surface area contributed by atoms with Crippen LogP contribution < -0.4 is 5.32 Å². The van der Waals surface area contributed by atoms with E-state index in [1.807, 2.05) is 30.3 Å². The van der Waals surface area contributed by atoms with Gasteiger partial charge in [-0.1, -0.05) is 44.2 Å². The van der Waals surface area contributed by atoms with Crippen molar-refractivity contribution < 1.29 is 22.8 Å². The molecule has 2 aromatic carbocycles. The Morgan fingerprint density at radius 2 is 1.59 bits per heavy atom. The van der Waals surface area contributed by atoms with Crippen molar-refractivity contribution in [2.24, 2.45) is 11.8 Å². The number of benzene rings is 2. The zero-order valence-corrected chi connectivity index (χ0v) is 18.4. The van der Waals surface area contributed by atoms with E-state index in [0.29, 0.717) is 31.8 Å². The number of hydrogen-bond acceptors (Lipinski definition) is 2. The summed E-state index contributed by atoms with van der Waals surface area (Å²) in [6, 6.07) is 14.1. The number of rotatable bonds is 6. The van der Waals surface area contributed by atoms with Crippen LogP contribution in [0.3, 0.4) is 0 Å². The average Bonchev–Trinajstić information content (AvgIpc) is 2.78. The Kier molecular flexibility index (Phi) is 7.59. The minimum Gasteiger partial charge on any atom is -0.349 e. The van der Waals surface area contributed by atoms with Gasteiger partial charge in [0.1, 0.15) is 0 Å². The maximum Gasteiger partial charge on any atom is 0.416 e. The molecule has 0 radical (unpaired) electrons. The molecule has 1 unspecified atom stereocenters. The van der Waals surface area contributed by atoms with E-state index in [2.05, 4.69) is 19.2 Å². The Labute approximate surface area is 186 Å². The minimum absolute atomic E-state index is 0.0128. The van der Waals surface area contributed by atoms with Crippen LogP contribution in [0.5, 0.6) is 0 Å². The number of likely N-dealkylation sites (tertiary alicyclic amines) is 1. The van der Waals surface area contributed by atoms with Gasteiger partial charge < -0.3 is 10.2 Å². The summed E-state index contributed by atoms with van der Waals surface area (Å²) in [6.45, 7) is 5.04. The molecule has 4 nitrogen and oxygen atoms in total. The highest BCUT2D eigenvalue weighted by molar-refractivity contribution is 5.94. The molecule has 0 spiro atoms. The number of carbonyl (C=O) groups is 2. The Hall–Kier alpha value is -2.83. The lowest BCUT2D eigenvalue weighted by atomic mass is 9.92. The molecule has 3 rings (SSSR count). The maximum atomic E-state index is 12.9. The van der Waals surface area contributed by atoms with Gasteiger partial charge in [-0.3, -0.25) is 9.59 Å². The molecule has 1 aliphatic heterocycles. The summed E-state index contributed by atoms with van der Waals surface area (Å²) < 4.78 is 38.2. The largest absolute Gasteiger partial charge is 0.416 e. The summed E-state index contributed by atoms with van der Waals surface area (Å²) in [4.78, 5) is 27.2. The first-order valence-corrected chi connectivity index (χ1v) is 11.0. The van der Waals surface area contributed by atoms with Gasteiger partial charge in [-0.2, -0.15) is 13.2 Å². The van der Waals surface area contributed by atoms with Crippen molar-refractivity contribution in [1.82, 2.24) is 10.2 Å². The molecule has 1 atom stereocenters. The van der Waals surface area contributed by atoms with Crippen molar-refractivity contribution in [3.05, 3.63) is 71.3 Å². The molecular weight excluding hydrogens is 417 g/mol. The van der Waals surface area contributed by atoms with E-state index in [1.165, 1.54) is 12.1 Å². The number of hydrogen-bond donors (Lipinski definition) is 1. The van der Waals surface area contributed by atoms with E-state index in [9.17, 15) is 22.8 Å². The minimum atomic E-state index is -4.43. The fourth-order valence-electron chi connectivity index (χ4n) is 4.05. The predicted molar refractivity (Wildman–Crippen MR) is 117 cm³/mol. The molecule has 32 heavy (non-hydrogen) atoms. The molecule has 2 aromatic rings. The molecule has 1 N–H and O–H groups in total. The smallest absolute Gasteiger partial charge is 0.349 e. The molecule has 7 heteroatoms. The van der Waals surface area contributed by atoms with Crippen molar-refractivity contribution in [2.75, 3.05) is 13.1 Å². The van der Waals surface area contributed by atoms with E-state index >= 15 is 0 Å². The number of nitrogens with one attached hydrogen (secondary N) is 1. The average molecular weight is 447 g/mol. The number of piperidine rings is 1. The first-order chi connectivity index (χ1) is 15.1. The third-order valence-electron chi connectivity index (χ3n) is 5.84. The van der Waals surface area contributed by atoms with Gasteiger partial charge >= 0.3 is 6.18 Å². The van der Waals surface area contributed by atoms with Gasteiger partial charge in [0.25, 0.3) is 5.91 Å². The van der Waals surface area contributed by atoms with Gasteiger partial charge in [0.2, 0.25) is 5.91 Å². The molecule has 0 saturated carbocycles. The number of amides is 2. The molecule has 1 saturated heterocycles. The highest BCUT2D eigenvalue weighted by Gasteiger charge is 2.32. The number of carbonyl (C=O) groups excluding carboxylic acids is 2. The first kappa shape index (κ1) is 23.8.